The van der Waals surface area contributed by atoms with Gasteiger partial charge in [0.2, 0.25) is 0 Å². The summed E-state index contributed by atoms with van der Waals surface area (Å²) in [7, 11) is 1.93. The van der Waals surface area contributed by atoms with E-state index in [-0.39, 0.29) is 11.7 Å². The molecule has 2 heterocycles. The lowest BCUT2D eigenvalue weighted by Gasteiger charge is -2.34. The monoisotopic (exact) mass is 525 g/mol. The summed E-state index contributed by atoms with van der Waals surface area (Å²) >= 11 is 2.28. The summed E-state index contributed by atoms with van der Waals surface area (Å²) in [6.45, 7) is 0.747. The Morgan fingerprint density at radius 1 is 1.07 bits per heavy atom. The minimum absolute atomic E-state index is 0.0526. The van der Waals surface area contributed by atoms with Crippen molar-refractivity contribution in [3.63, 3.8) is 0 Å². The first-order valence-corrected chi connectivity index (χ1v) is 10.8. The van der Waals surface area contributed by atoms with Gasteiger partial charge >= 0.3 is 6.61 Å². The van der Waals surface area contributed by atoms with Gasteiger partial charge < -0.3 is 14.2 Å². The summed E-state index contributed by atoms with van der Waals surface area (Å²) in [5.74, 6) is 0.214. The minimum atomic E-state index is -2.81. The molecule has 0 saturated carbocycles. The van der Waals surface area contributed by atoms with E-state index < -0.39 is 6.61 Å². The highest BCUT2D eigenvalue weighted by molar-refractivity contribution is 14.1. The first-order valence-electron chi connectivity index (χ1n) is 9.71. The molecule has 4 rings (SSSR count). The molecule has 0 N–H and O–H groups in total. The minimum Gasteiger partial charge on any atom is -0.435 e. The number of rotatable bonds is 5. The Morgan fingerprint density at radius 3 is 2.43 bits per heavy atom. The van der Waals surface area contributed by atoms with Gasteiger partial charge in [0.15, 0.2) is 0 Å². The predicted molar refractivity (Wildman–Crippen MR) is 120 cm³/mol. The zero-order valence-corrected chi connectivity index (χ0v) is 18.7. The Labute approximate surface area is 187 Å². The van der Waals surface area contributed by atoms with Crippen LogP contribution in [0.2, 0.25) is 0 Å². The van der Waals surface area contributed by atoms with Crippen LogP contribution in [0.3, 0.4) is 0 Å². The van der Waals surface area contributed by atoms with Crippen molar-refractivity contribution >= 4 is 39.4 Å². The molecule has 0 aliphatic carbocycles. The molecule has 158 valence electrons. The second kappa shape index (κ2) is 8.89. The lowest BCUT2D eigenvalue weighted by molar-refractivity contribution is -0.0498. The van der Waals surface area contributed by atoms with E-state index in [1.165, 1.54) is 0 Å². The number of carbonyl (C=O) groups excluding carboxylic acids is 1. The number of benzene rings is 2. The number of fused-ring (bicyclic) bond motifs is 1. The second-order valence-corrected chi connectivity index (χ2v) is 8.63. The standard InChI is InChI=1S/C22H22F2IN3O2/c1-26-19-13-17(25)5-4-16(19)12-20(26)21(29)28-10-8-27(9-11-28)14-15-2-6-18(7-3-15)30-22(23)24/h2-7,12-13,22H,8-11,14H2,1H3. The lowest BCUT2D eigenvalue weighted by atomic mass is 10.2. The summed E-state index contributed by atoms with van der Waals surface area (Å²) in [4.78, 5) is 17.2. The average molecular weight is 525 g/mol. The molecule has 1 saturated heterocycles. The number of halogens is 3. The number of piperazine rings is 1. The third-order valence-electron chi connectivity index (χ3n) is 5.44. The zero-order valence-electron chi connectivity index (χ0n) is 16.5. The van der Waals surface area contributed by atoms with Crippen LogP contribution in [0, 0.1) is 3.57 Å². The van der Waals surface area contributed by atoms with Crippen molar-refractivity contribution < 1.29 is 18.3 Å². The molecule has 2 aromatic carbocycles. The van der Waals surface area contributed by atoms with Crippen LogP contribution in [0.25, 0.3) is 10.9 Å². The summed E-state index contributed by atoms with van der Waals surface area (Å²) in [5, 5.41) is 1.07. The molecule has 1 amide bonds. The van der Waals surface area contributed by atoms with Crippen LogP contribution < -0.4 is 4.74 Å². The maximum atomic E-state index is 13.1. The molecule has 5 nitrogen and oxygen atoms in total. The third-order valence-corrected chi connectivity index (χ3v) is 6.11. The van der Waals surface area contributed by atoms with Gasteiger partial charge in [0, 0.05) is 54.2 Å². The SMILES string of the molecule is Cn1c(C(=O)N2CCN(Cc3ccc(OC(F)F)cc3)CC2)cc2ccc(I)cc21. The molecule has 1 aliphatic heterocycles. The molecule has 0 spiro atoms. The highest BCUT2D eigenvalue weighted by atomic mass is 127. The third kappa shape index (κ3) is 4.59. The van der Waals surface area contributed by atoms with Gasteiger partial charge in [-0.3, -0.25) is 9.69 Å². The summed E-state index contributed by atoms with van der Waals surface area (Å²) < 4.78 is 32.0. The molecule has 1 fully saturated rings. The maximum Gasteiger partial charge on any atom is 0.387 e. The molecular formula is C22H22F2IN3O2. The van der Waals surface area contributed by atoms with Crippen LogP contribution in [0.4, 0.5) is 8.78 Å². The zero-order chi connectivity index (χ0) is 21.3. The number of amides is 1. The van der Waals surface area contributed by atoms with E-state index >= 15 is 0 Å². The van der Waals surface area contributed by atoms with E-state index in [1.54, 1.807) is 24.3 Å². The Morgan fingerprint density at radius 2 is 1.77 bits per heavy atom. The summed E-state index contributed by atoms with van der Waals surface area (Å²) in [5.41, 5.74) is 2.79. The molecule has 0 radical (unpaired) electrons. The Hall–Kier alpha value is -2.20. The van der Waals surface area contributed by atoms with Gasteiger partial charge in [0.1, 0.15) is 11.4 Å². The average Bonchev–Trinajstić information content (AvgIpc) is 3.05. The predicted octanol–water partition coefficient (Wildman–Crippen LogP) is 4.34. The molecular weight excluding hydrogens is 503 g/mol. The van der Waals surface area contributed by atoms with Crippen molar-refractivity contribution in [3.05, 3.63) is 63.4 Å². The van der Waals surface area contributed by atoms with Crippen molar-refractivity contribution in [3.8, 4) is 5.75 Å². The Bertz CT molecular complexity index is 1040. The van der Waals surface area contributed by atoms with Gasteiger partial charge in [-0.1, -0.05) is 18.2 Å². The van der Waals surface area contributed by atoms with E-state index in [4.69, 9.17) is 0 Å². The highest BCUT2D eigenvalue weighted by Gasteiger charge is 2.24. The highest BCUT2D eigenvalue weighted by Crippen LogP contribution is 2.23. The lowest BCUT2D eigenvalue weighted by Crippen LogP contribution is -2.48. The van der Waals surface area contributed by atoms with E-state index in [9.17, 15) is 13.6 Å². The van der Waals surface area contributed by atoms with Crippen LogP contribution in [0.5, 0.6) is 5.75 Å². The van der Waals surface area contributed by atoms with E-state index in [0.717, 1.165) is 33.1 Å². The van der Waals surface area contributed by atoms with Crippen LogP contribution >= 0.6 is 22.6 Å². The van der Waals surface area contributed by atoms with Gasteiger partial charge in [0.25, 0.3) is 5.91 Å². The molecule has 30 heavy (non-hydrogen) atoms. The summed E-state index contributed by atoms with van der Waals surface area (Å²) in [6.07, 6.45) is 0. The number of ether oxygens (including phenoxy) is 1. The molecule has 3 aromatic rings. The quantitative estimate of drug-likeness (QED) is 0.466. The number of carbonyl (C=O) groups is 1. The van der Waals surface area contributed by atoms with E-state index in [2.05, 4.69) is 38.3 Å². The van der Waals surface area contributed by atoms with Crippen LogP contribution in [-0.4, -0.2) is 53.1 Å². The van der Waals surface area contributed by atoms with Crippen molar-refractivity contribution in [1.29, 1.82) is 0 Å². The van der Waals surface area contributed by atoms with Crippen molar-refractivity contribution in [2.75, 3.05) is 26.2 Å². The van der Waals surface area contributed by atoms with Gasteiger partial charge in [-0.15, -0.1) is 0 Å². The van der Waals surface area contributed by atoms with Crippen LogP contribution in [0.15, 0.2) is 48.5 Å². The molecule has 0 bridgehead atoms. The maximum absolute atomic E-state index is 13.1. The van der Waals surface area contributed by atoms with Gasteiger partial charge in [-0.05, 0) is 58.5 Å². The fourth-order valence-corrected chi connectivity index (χ4v) is 4.29. The number of nitrogens with zero attached hydrogens (tertiary/aromatic N) is 3. The normalized spacial score (nSPS) is 15.2. The Kier molecular flexibility index (Phi) is 6.24. The fraction of sp³-hybridized carbons (Fsp3) is 0.318. The van der Waals surface area contributed by atoms with E-state index in [1.807, 2.05) is 34.7 Å². The molecule has 8 heteroatoms. The molecule has 0 atom stereocenters. The van der Waals surface area contributed by atoms with Gasteiger partial charge in [-0.2, -0.15) is 8.78 Å². The first kappa shape index (κ1) is 21.0. The number of aryl methyl sites for hydroxylation is 1. The number of hydrogen-bond donors (Lipinski definition) is 0. The fourth-order valence-electron chi connectivity index (χ4n) is 3.81. The number of hydrogen-bond acceptors (Lipinski definition) is 3. The van der Waals surface area contributed by atoms with Crippen molar-refractivity contribution in [1.82, 2.24) is 14.4 Å². The molecule has 0 unspecified atom stereocenters. The van der Waals surface area contributed by atoms with Crippen LogP contribution in [0.1, 0.15) is 16.1 Å². The Balaban J connectivity index is 1.36. The van der Waals surface area contributed by atoms with Gasteiger partial charge in [0.05, 0.1) is 0 Å². The first-order chi connectivity index (χ1) is 14.4. The number of alkyl halides is 2. The van der Waals surface area contributed by atoms with Crippen molar-refractivity contribution in [2.45, 2.75) is 13.2 Å². The largest absolute Gasteiger partial charge is 0.435 e. The van der Waals surface area contributed by atoms with E-state index in [0.29, 0.717) is 25.3 Å². The van der Waals surface area contributed by atoms with Crippen LogP contribution in [-0.2, 0) is 13.6 Å². The number of aromatic nitrogens is 1. The topological polar surface area (TPSA) is 37.7 Å². The summed E-state index contributed by atoms with van der Waals surface area (Å²) in [6, 6.07) is 14.8. The smallest absolute Gasteiger partial charge is 0.387 e. The molecule has 1 aliphatic rings. The molecule has 1 aromatic heterocycles. The second-order valence-electron chi connectivity index (χ2n) is 7.38. The van der Waals surface area contributed by atoms with Gasteiger partial charge in [-0.25, -0.2) is 0 Å². The van der Waals surface area contributed by atoms with Crippen molar-refractivity contribution in [2.24, 2.45) is 7.05 Å².